The molecular formula is C32H72N2P4S2Te2. The number of hydrogen-bond acceptors (Lipinski definition) is 3. The number of nitrogens with zero attached hydrogens (tertiary/aromatic N) is 2. The third kappa shape index (κ3) is 8.79. The molecule has 0 aromatic rings. The zero-order valence-corrected chi connectivity index (χ0v) is 42.2. The van der Waals surface area contributed by atoms with E-state index in [1.165, 1.54) is 0 Å². The van der Waals surface area contributed by atoms with Crippen molar-refractivity contribution in [2.45, 2.75) is 207 Å². The number of rotatable bonds is 1. The first-order valence-corrected chi connectivity index (χ1v) is 37.9. The van der Waals surface area contributed by atoms with E-state index in [1.54, 1.807) is 0 Å². The van der Waals surface area contributed by atoms with E-state index in [0.29, 0.717) is 20.6 Å². The summed E-state index contributed by atoms with van der Waals surface area (Å²) in [6.07, 6.45) is -4.00. The summed E-state index contributed by atoms with van der Waals surface area (Å²) in [5.41, 5.74) is 0. The third-order valence-corrected chi connectivity index (χ3v) is 99.4. The van der Waals surface area contributed by atoms with Crippen molar-refractivity contribution in [2.24, 2.45) is 9.03 Å². The molecule has 1 aliphatic heterocycles. The van der Waals surface area contributed by atoms with Crippen molar-refractivity contribution in [2.75, 3.05) is 0 Å². The van der Waals surface area contributed by atoms with Crippen LogP contribution < -0.4 is 0 Å². The molecule has 42 heavy (non-hydrogen) atoms. The van der Waals surface area contributed by atoms with Gasteiger partial charge in [0.2, 0.25) is 0 Å². The molecule has 0 amide bonds. The van der Waals surface area contributed by atoms with Gasteiger partial charge in [0.1, 0.15) is 0 Å². The Morgan fingerprint density at radius 2 is 0.857 bits per heavy atom. The molecule has 0 spiro atoms. The summed E-state index contributed by atoms with van der Waals surface area (Å²) < 4.78 is 10.4. The molecule has 0 radical (unpaired) electrons. The van der Waals surface area contributed by atoms with Crippen molar-refractivity contribution in [1.82, 2.24) is 0 Å². The average Bonchev–Trinajstić information content (AvgIpc) is 3.08. The molecule has 0 saturated heterocycles. The van der Waals surface area contributed by atoms with E-state index in [4.69, 9.17) is 33.1 Å². The van der Waals surface area contributed by atoms with Gasteiger partial charge in [-0.2, -0.15) is 0 Å². The SMILES string of the molecule is CC(C)(C)P(=S)(N=P([S-])(C(C)(C)C)C(C)(C)C)C(C)(C)C.CC(C)(C)P1(C(C)(C)C)=N[P+](C(C)(C)C)(C(C)(C)C)[Te][Te]1. The summed E-state index contributed by atoms with van der Waals surface area (Å²) in [7, 11) is 0. The Morgan fingerprint density at radius 3 is 1.00 bits per heavy atom. The van der Waals surface area contributed by atoms with Crippen LogP contribution in [0.15, 0.2) is 9.03 Å². The van der Waals surface area contributed by atoms with E-state index < -0.39 is 22.3 Å². The summed E-state index contributed by atoms with van der Waals surface area (Å²) >= 11 is 12.7. The molecular weight excluding hydrogens is 856 g/mol. The average molecular weight is 928 g/mol. The predicted molar refractivity (Wildman–Crippen MR) is 217 cm³/mol. The van der Waals surface area contributed by atoms with Gasteiger partial charge in [0, 0.05) is 10.3 Å². The van der Waals surface area contributed by atoms with Crippen LogP contribution in [0, 0.1) is 0 Å². The van der Waals surface area contributed by atoms with E-state index in [-0.39, 0.29) is 53.6 Å². The van der Waals surface area contributed by atoms with Crippen molar-refractivity contribution >= 4 is 79.4 Å². The van der Waals surface area contributed by atoms with E-state index in [9.17, 15) is 0 Å². The Labute approximate surface area is 293 Å². The summed E-state index contributed by atoms with van der Waals surface area (Å²) in [6, 6.07) is 0. The fourth-order valence-electron chi connectivity index (χ4n) is 6.03. The summed E-state index contributed by atoms with van der Waals surface area (Å²) in [5, 5.41) is 0.491. The van der Waals surface area contributed by atoms with Gasteiger partial charge in [0.25, 0.3) is 0 Å². The van der Waals surface area contributed by atoms with Gasteiger partial charge in [-0.15, -0.1) is 6.26 Å². The molecule has 2 nitrogen and oxygen atoms in total. The van der Waals surface area contributed by atoms with Crippen LogP contribution in [0.5, 0.6) is 0 Å². The molecule has 1 rings (SSSR count). The van der Waals surface area contributed by atoms with Crippen LogP contribution in [-0.2, 0) is 24.1 Å². The molecule has 0 aromatic heterocycles. The maximum absolute atomic E-state index is 6.27. The van der Waals surface area contributed by atoms with Gasteiger partial charge in [0.05, 0.1) is 6.19 Å². The molecule has 1 heterocycles. The first-order valence-electron chi connectivity index (χ1n) is 15.5. The van der Waals surface area contributed by atoms with Gasteiger partial charge in [-0.3, -0.25) is 4.52 Å². The van der Waals surface area contributed by atoms with E-state index in [2.05, 4.69) is 166 Å². The normalized spacial score (nSPS) is 19.5. The van der Waals surface area contributed by atoms with Crippen LogP contribution in [0.4, 0.5) is 0 Å². The topological polar surface area (TPSA) is 24.7 Å². The van der Waals surface area contributed by atoms with Crippen molar-refractivity contribution in [1.29, 1.82) is 0 Å². The molecule has 0 fully saturated rings. The zero-order chi connectivity index (χ0) is 34.8. The van der Waals surface area contributed by atoms with Gasteiger partial charge >= 0.3 is 151 Å². The van der Waals surface area contributed by atoms with Crippen LogP contribution in [0.3, 0.4) is 0 Å². The van der Waals surface area contributed by atoms with Crippen LogP contribution in [0.25, 0.3) is 0 Å². The first-order chi connectivity index (χ1) is 17.6. The molecule has 0 unspecified atom stereocenters. The molecule has 0 bridgehead atoms. The zero-order valence-electron chi connectivity index (χ0n) is 32.3. The molecule has 0 atom stereocenters. The molecule has 1 aliphatic rings. The molecule has 0 N–H and O–H groups in total. The third-order valence-electron chi connectivity index (χ3n) is 8.03. The predicted octanol–water partition coefficient (Wildman–Crippen LogP) is 13.7. The number of hydrogen-bond donors (Lipinski definition) is 0. The van der Waals surface area contributed by atoms with Crippen molar-refractivity contribution in [3.05, 3.63) is 0 Å². The Hall–Kier alpha value is 3.47. The first kappa shape index (κ1) is 45.5. The summed E-state index contributed by atoms with van der Waals surface area (Å²) in [6.45, 7) is 56.9. The fraction of sp³-hybridized carbons (Fsp3) is 1.00. The van der Waals surface area contributed by atoms with Crippen LogP contribution in [0.2, 0.25) is 0 Å². The minimum absolute atomic E-state index is 0.00113. The van der Waals surface area contributed by atoms with Crippen molar-refractivity contribution < 1.29 is 0 Å². The standard InChI is InChI=1S/C16H36NP2S2.C16H36NP2Te2/c1-13(2,3)18(20,14(4,5)6)17-19(21,15(7,8)9)16(10,11)12;1-13(2,3)18(14(4,5)6)17-19(21-20-18,15(7,8)9)16(10,11)12/h2*1-12H3/q-1;+1. The maximum atomic E-state index is 6.27. The van der Waals surface area contributed by atoms with Crippen molar-refractivity contribution in [3.63, 3.8) is 0 Å². The monoisotopic (exact) mass is 932 g/mol. The molecule has 10 heteroatoms. The van der Waals surface area contributed by atoms with Gasteiger partial charge in [-0.1, -0.05) is 94.9 Å². The van der Waals surface area contributed by atoms with E-state index >= 15 is 0 Å². The minimum atomic E-state index is -2.00. The summed E-state index contributed by atoms with van der Waals surface area (Å²) in [5.74, 6) is 0. The molecule has 0 aromatic carbocycles. The van der Waals surface area contributed by atoms with E-state index in [0.717, 1.165) is 0 Å². The van der Waals surface area contributed by atoms with Gasteiger partial charge < -0.3 is 12.2 Å². The van der Waals surface area contributed by atoms with Gasteiger partial charge in [-0.25, -0.2) is 0 Å². The molecule has 0 aliphatic carbocycles. The van der Waals surface area contributed by atoms with Crippen LogP contribution in [-0.4, -0.2) is 74.3 Å². The van der Waals surface area contributed by atoms with Gasteiger partial charge in [0.15, 0.2) is 0 Å². The van der Waals surface area contributed by atoms with E-state index in [1.807, 2.05) is 0 Å². The van der Waals surface area contributed by atoms with Crippen LogP contribution >= 0.6 is 22.3 Å². The Kier molecular flexibility index (Phi) is 14.4. The summed E-state index contributed by atoms with van der Waals surface area (Å²) in [4.78, 5) is 0. The second-order valence-electron chi connectivity index (χ2n) is 20.0. The fourth-order valence-corrected chi connectivity index (χ4v) is 148. The molecule has 0 saturated carbocycles. The van der Waals surface area contributed by atoms with Crippen molar-refractivity contribution in [3.8, 4) is 0 Å². The Morgan fingerprint density at radius 1 is 0.571 bits per heavy atom. The Bertz CT molecular complexity index is 1030. The second kappa shape index (κ2) is 13.3. The Balaban J connectivity index is 0.000000800. The quantitative estimate of drug-likeness (QED) is 0.149. The molecule has 254 valence electrons. The van der Waals surface area contributed by atoms with Gasteiger partial charge in [-0.05, 0) is 10.3 Å². The second-order valence-corrected chi connectivity index (χ2v) is 69.0. The van der Waals surface area contributed by atoms with Crippen LogP contribution in [0.1, 0.15) is 166 Å².